The van der Waals surface area contributed by atoms with Gasteiger partial charge in [0, 0.05) is 12.7 Å². The highest BCUT2D eigenvalue weighted by Crippen LogP contribution is 2.28. The summed E-state index contributed by atoms with van der Waals surface area (Å²) in [5, 5.41) is 3.05. The second-order valence-electron chi connectivity index (χ2n) is 4.98. The van der Waals surface area contributed by atoms with Gasteiger partial charge in [-0.25, -0.2) is 4.98 Å². The Balaban J connectivity index is 1.93. The first-order valence-corrected chi connectivity index (χ1v) is 7.72. The van der Waals surface area contributed by atoms with Crippen LogP contribution < -0.4 is 16.8 Å². The fraction of sp³-hybridized carbons (Fsp3) is 0.125. The number of amides is 2. The number of hydrogen-bond acceptors (Lipinski definition) is 4. The smallest absolute Gasteiger partial charge is 0.251 e. The predicted molar refractivity (Wildman–Crippen MR) is 93.5 cm³/mol. The minimum atomic E-state index is -0.716. The van der Waals surface area contributed by atoms with E-state index in [1.54, 1.807) is 24.4 Å². The van der Waals surface area contributed by atoms with E-state index >= 15 is 0 Å². The Bertz CT molecular complexity index is 763. The van der Waals surface area contributed by atoms with Crippen molar-refractivity contribution in [1.29, 1.82) is 0 Å². The van der Waals surface area contributed by atoms with E-state index in [1.807, 2.05) is 0 Å². The van der Waals surface area contributed by atoms with E-state index in [1.165, 1.54) is 12.5 Å². The summed E-state index contributed by atoms with van der Waals surface area (Å²) in [4.78, 5) is 27.2. The molecule has 8 heteroatoms. The second-order valence-corrected chi connectivity index (χ2v) is 5.76. The maximum atomic E-state index is 11.9. The first-order valence-electron chi connectivity index (χ1n) is 6.96. The number of nitrogen functional groups attached to an aromatic ring is 1. The third-order valence-corrected chi connectivity index (χ3v) is 3.99. The van der Waals surface area contributed by atoms with E-state index in [2.05, 4.69) is 10.3 Å². The molecule has 1 heterocycles. The summed E-state index contributed by atoms with van der Waals surface area (Å²) < 4.78 is 0. The number of carbonyl (C=O) groups excluding carboxylic acids is 2. The number of nitrogens with one attached hydrogen (secondary N) is 1. The van der Waals surface area contributed by atoms with Crippen LogP contribution in [-0.2, 0) is 17.8 Å². The number of nitrogens with two attached hydrogens (primary N) is 2. The molecule has 0 aliphatic heterocycles. The van der Waals surface area contributed by atoms with Crippen molar-refractivity contribution < 1.29 is 9.59 Å². The lowest BCUT2D eigenvalue weighted by atomic mass is 10.1. The molecule has 0 bridgehead atoms. The monoisotopic (exact) mass is 365 g/mol. The van der Waals surface area contributed by atoms with Gasteiger partial charge in [-0.1, -0.05) is 35.3 Å². The maximum absolute atomic E-state index is 11.9. The summed E-state index contributed by atoms with van der Waals surface area (Å²) in [5.74, 6) is -0.579. The highest BCUT2D eigenvalue weighted by Gasteiger charge is 2.16. The van der Waals surface area contributed by atoms with E-state index < -0.39 is 5.91 Å². The topological polar surface area (TPSA) is 111 Å². The molecule has 0 spiro atoms. The molecule has 0 aliphatic rings. The number of hydrogen-bond donors (Lipinski definition) is 3. The normalized spacial score (nSPS) is 10.4. The first kappa shape index (κ1) is 18.0. The molecule has 125 valence electrons. The molecule has 0 fully saturated rings. The van der Waals surface area contributed by atoms with Crippen molar-refractivity contribution in [1.82, 2.24) is 10.3 Å². The van der Waals surface area contributed by atoms with Gasteiger partial charge in [0.15, 0.2) is 0 Å². The summed E-state index contributed by atoms with van der Waals surface area (Å²) in [6.45, 7) is 0.323. The lowest BCUT2D eigenvalue weighted by Gasteiger charge is -2.09. The molecule has 0 unspecified atom stereocenters. The number of aromatic nitrogens is 1. The molecule has 0 atom stereocenters. The predicted octanol–water partition coefficient (Wildman–Crippen LogP) is 2.13. The Labute approximate surface area is 149 Å². The van der Waals surface area contributed by atoms with Crippen LogP contribution in [0, 0.1) is 6.42 Å². The summed E-state index contributed by atoms with van der Waals surface area (Å²) in [6.07, 6.45) is 3.25. The number of rotatable bonds is 6. The third-order valence-electron chi connectivity index (χ3n) is 3.24. The van der Waals surface area contributed by atoms with E-state index in [-0.39, 0.29) is 27.9 Å². The molecule has 2 amide bonds. The summed E-state index contributed by atoms with van der Waals surface area (Å²) in [6, 6.07) is 6.60. The van der Waals surface area contributed by atoms with Gasteiger partial charge < -0.3 is 16.8 Å². The molecular weight excluding hydrogens is 351 g/mol. The largest absolute Gasteiger partial charge is 0.384 e. The molecule has 24 heavy (non-hydrogen) atoms. The molecule has 0 aliphatic carbocycles. The lowest BCUT2D eigenvalue weighted by molar-refractivity contribution is -0.118. The molecule has 2 rings (SSSR count). The Kier molecular flexibility index (Phi) is 6.00. The maximum Gasteiger partial charge on any atom is 0.251 e. The van der Waals surface area contributed by atoms with Crippen LogP contribution >= 0.6 is 23.2 Å². The number of primary amides is 1. The van der Waals surface area contributed by atoms with E-state index in [0.29, 0.717) is 17.9 Å². The van der Waals surface area contributed by atoms with Crippen molar-refractivity contribution in [3.63, 3.8) is 0 Å². The van der Waals surface area contributed by atoms with Gasteiger partial charge in [0.25, 0.3) is 5.91 Å². The van der Waals surface area contributed by atoms with Gasteiger partial charge in [0.05, 0.1) is 22.0 Å². The average Bonchev–Trinajstić information content (AvgIpc) is 2.53. The number of benzene rings is 1. The fourth-order valence-electron chi connectivity index (χ4n) is 1.98. The van der Waals surface area contributed by atoms with Crippen LogP contribution in [0.15, 0.2) is 30.5 Å². The number of nitrogens with zero attached hydrogens (tertiary/aromatic N) is 1. The number of pyridine rings is 1. The van der Waals surface area contributed by atoms with Crippen molar-refractivity contribution in [3.05, 3.63) is 63.6 Å². The van der Waals surface area contributed by atoms with Gasteiger partial charge in [0.1, 0.15) is 5.82 Å². The number of carbonyl (C=O) groups is 2. The van der Waals surface area contributed by atoms with E-state index in [9.17, 15) is 9.59 Å². The molecular formula is C16H15Cl2N4O2. The van der Waals surface area contributed by atoms with Gasteiger partial charge in [-0.05, 0) is 29.7 Å². The summed E-state index contributed by atoms with van der Waals surface area (Å²) in [5.41, 5.74) is 12.2. The minimum absolute atomic E-state index is 0.0533. The standard InChI is InChI=1S/C16H15Cl2N4O2/c17-11-4-2-10(15(18)14(11)16(20)24)3-6-13(23)22-8-9-1-5-12(19)21-7-9/h1-2,4-7H,3,8H2,(H2,19,21)(H2,20,24)(H,22,23). The van der Waals surface area contributed by atoms with E-state index in [4.69, 9.17) is 34.7 Å². The van der Waals surface area contributed by atoms with Crippen LogP contribution in [0.4, 0.5) is 5.82 Å². The van der Waals surface area contributed by atoms with Crippen LogP contribution in [-0.4, -0.2) is 16.8 Å². The van der Waals surface area contributed by atoms with Crippen molar-refractivity contribution >= 4 is 40.8 Å². The van der Waals surface area contributed by atoms with Crippen molar-refractivity contribution in [2.24, 2.45) is 5.73 Å². The van der Waals surface area contributed by atoms with Crippen LogP contribution in [0.3, 0.4) is 0 Å². The van der Waals surface area contributed by atoms with Gasteiger partial charge >= 0.3 is 0 Å². The van der Waals surface area contributed by atoms with Crippen molar-refractivity contribution in [2.75, 3.05) is 5.73 Å². The highest BCUT2D eigenvalue weighted by atomic mass is 35.5. The van der Waals surface area contributed by atoms with Crippen LogP contribution in [0.2, 0.25) is 10.0 Å². The van der Waals surface area contributed by atoms with E-state index in [0.717, 1.165) is 5.56 Å². The van der Waals surface area contributed by atoms with Crippen LogP contribution in [0.25, 0.3) is 0 Å². The molecule has 0 saturated heterocycles. The molecule has 1 aromatic carbocycles. The van der Waals surface area contributed by atoms with Gasteiger partial charge in [-0.15, -0.1) is 0 Å². The zero-order valence-corrected chi connectivity index (χ0v) is 14.1. The van der Waals surface area contributed by atoms with Crippen LogP contribution in [0.1, 0.15) is 21.5 Å². The van der Waals surface area contributed by atoms with Crippen molar-refractivity contribution in [2.45, 2.75) is 13.0 Å². The minimum Gasteiger partial charge on any atom is -0.384 e. The zero-order valence-electron chi connectivity index (χ0n) is 12.6. The molecule has 6 nitrogen and oxygen atoms in total. The van der Waals surface area contributed by atoms with Crippen molar-refractivity contribution in [3.8, 4) is 0 Å². The molecule has 5 N–H and O–H groups in total. The number of halogens is 2. The highest BCUT2D eigenvalue weighted by molar-refractivity contribution is 6.40. The van der Waals surface area contributed by atoms with Gasteiger partial charge in [-0.2, -0.15) is 0 Å². The quantitative estimate of drug-likeness (QED) is 0.727. The summed E-state index contributed by atoms with van der Waals surface area (Å²) >= 11 is 12.0. The SMILES string of the molecule is NC(=O)c1c(Cl)ccc(C[CH]C(=O)NCc2ccc(N)nc2)c1Cl. The Morgan fingerprint density at radius 2 is 1.96 bits per heavy atom. The fourth-order valence-corrected chi connectivity index (χ4v) is 2.62. The summed E-state index contributed by atoms with van der Waals surface area (Å²) in [7, 11) is 0. The molecule has 1 radical (unpaired) electrons. The Morgan fingerprint density at radius 3 is 2.58 bits per heavy atom. The molecule has 0 saturated carbocycles. The lowest BCUT2D eigenvalue weighted by Crippen LogP contribution is -2.23. The van der Waals surface area contributed by atoms with Gasteiger partial charge in [0.2, 0.25) is 5.91 Å². The Hall–Kier alpha value is -2.31. The first-order chi connectivity index (χ1) is 11.4. The zero-order chi connectivity index (χ0) is 17.7. The molecule has 1 aromatic heterocycles. The molecule has 2 aromatic rings. The third kappa shape index (κ3) is 4.59. The van der Waals surface area contributed by atoms with Gasteiger partial charge in [-0.3, -0.25) is 9.59 Å². The average molecular weight is 366 g/mol. The Morgan fingerprint density at radius 1 is 1.21 bits per heavy atom. The number of anilines is 1. The van der Waals surface area contributed by atoms with Crippen LogP contribution in [0.5, 0.6) is 0 Å². The second kappa shape index (κ2) is 7.99.